The number of hydrogen-bond acceptors (Lipinski definition) is 3. The molecule has 0 spiro atoms. The van der Waals surface area contributed by atoms with Crippen molar-refractivity contribution in [3.63, 3.8) is 0 Å². The van der Waals surface area contributed by atoms with Gasteiger partial charge in [0.25, 0.3) is 0 Å². The maximum Gasteiger partial charge on any atom is 0.168 e. The summed E-state index contributed by atoms with van der Waals surface area (Å²) in [5, 5.41) is 7.24. The molecular weight excluding hydrogens is 240 g/mol. The molecular formula is C12H13ClN2O2. The Kier molecular flexibility index (Phi) is 4.17. The summed E-state index contributed by atoms with van der Waals surface area (Å²) in [6.45, 7) is 0. The van der Waals surface area contributed by atoms with Gasteiger partial charge in [0.15, 0.2) is 11.6 Å². The van der Waals surface area contributed by atoms with Gasteiger partial charge < -0.3 is 14.9 Å². The number of amidine groups is 1. The summed E-state index contributed by atoms with van der Waals surface area (Å²) < 4.78 is 10.5. The van der Waals surface area contributed by atoms with E-state index in [4.69, 9.17) is 20.3 Å². The molecule has 1 heterocycles. The fraction of sp³-hybridized carbons (Fsp3) is 0.0833. The minimum atomic E-state index is -0.0697. The summed E-state index contributed by atoms with van der Waals surface area (Å²) >= 11 is 0. The number of nitrogens with two attached hydrogens (primary N) is 1. The van der Waals surface area contributed by atoms with Crippen molar-refractivity contribution < 1.29 is 9.15 Å². The maximum absolute atomic E-state index is 7.24. The molecule has 90 valence electrons. The predicted molar refractivity (Wildman–Crippen MR) is 69.0 cm³/mol. The molecule has 0 aliphatic carbocycles. The Morgan fingerprint density at radius 2 is 1.82 bits per heavy atom. The van der Waals surface area contributed by atoms with Crippen molar-refractivity contribution in [2.75, 3.05) is 7.11 Å². The molecule has 2 aromatic rings. The molecule has 0 aliphatic heterocycles. The van der Waals surface area contributed by atoms with Crippen molar-refractivity contribution >= 4 is 18.2 Å². The molecule has 17 heavy (non-hydrogen) atoms. The number of nitrogen functional groups attached to an aromatic ring is 1. The van der Waals surface area contributed by atoms with Crippen LogP contribution >= 0.6 is 12.4 Å². The van der Waals surface area contributed by atoms with Crippen molar-refractivity contribution in [2.24, 2.45) is 5.73 Å². The van der Waals surface area contributed by atoms with E-state index in [1.807, 2.05) is 24.3 Å². The topological polar surface area (TPSA) is 72.2 Å². The highest BCUT2D eigenvalue weighted by Gasteiger charge is 2.06. The molecule has 0 aliphatic rings. The van der Waals surface area contributed by atoms with Gasteiger partial charge in [-0.15, -0.1) is 12.4 Å². The maximum atomic E-state index is 7.24. The van der Waals surface area contributed by atoms with Crippen LogP contribution in [0.25, 0.3) is 11.3 Å². The summed E-state index contributed by atoms with van der Waals surface area (Å²) in [4.78, 5) is 0. The normalized spacial score (nSPS) is 9.47. The zero-order chi connectivity index (χ0) is 11.5. The largest absolute Gasteiger partial charge is 0.497 e. The standard InChI is InChI=1S/C12H12N2O2.ClH/c1-15-9-4-2-8(3-5-9)10-6-7-11(16-10)12(13)14;/h2-7H,1H3,(H3,13,14);1H. The lowest BCUT2D eigenvalue weighted by Gasteiger charge is -2.00. The average Bonchev–Trinajstić information content (AvgIpc) is 2.78. The number of nitrogens with one attached hydrogen (secondary N) is 1. The summed E-state index contributed by atoms with van der Waals surface area (Å²) in [6, 6.07) is 11.0. The van der Waals surface area contributed by atoms with Crippen LogP contribution in [0.2, 0.25) is 0 Å². The molecule has 1 aromatic heterocycles. The van der Waals surface area contributed by atoms with Gasteiger partial charge in [0.1, 0.15) is 11.5 Å². The van der Waals surface area contributed by atoms with Gasteiger partial charge in [-0.3, -0.25) is 5.41 Å². The van der Waals surface area contributed by atoms with Crippen LogP contribution in [0.5, 0.6) is 5.75 Å². The Hall–Kier alpha value is -1.94. The van der Waals surface area contributed by atoms with Gasteiger partial charge in [-0.25, -0.2) is 0 Å². The Labute approximate surface area is 105 Å². The molecule has 0 fully saturated rings. The molecule has 1 aromatic carbocycles. The van der Waals surface area contributed by atoms with Crippen LogP contribution < -0.4 is 10.5 Å². The Balaban J connectivity index is 0.00000144. The van der Waals surface area contributed by atoms with Crippen molar-refractivity contribution in [3.8, 4) is 17.1 Å². The lowest BCUT2D eigenvalue weighted by Crippen LogP contribution is -2.09. The second kappa shape index (κ2) is 5.41. The first-order chi connectivity index (χ1) is 7.70. The minimum absolute atomic E-state index is 0. The monoisotopic (exact) mass is 252 g/mol. The summed E-state index contributed by atoms with van der Waals surface area (Å²) in [7, 11) is 1.62. The number of rotatable bonds is 3. The Morgan fingerprint density at radius 1 is 1.18 bits per heavy atom. The quantitative estimate of drug-likeness (QED) is 0.652. The summed E-state index contributed by atoms with van der Waals surface area (Å²) in [6.07, 6.45) is 0. The van der Waals surface area contributed by atoms with E-state index in [0.29, 0.717) is 11.5 Å². The van der Waals surface area contributed by atoms with Crippen molar-refractivity contribution in [1.29, 1.82) is 5.41 Å². The second-order valence-electron chi connectivity index (χ2n) is 3.31. The lowest BCUT2D eigenvalue weighted by atomic mass is 10.2. The molecule has 0 atom stereocenters. The van der Waals surface area contributed by atoms with E-state index >= 15 is 0 Å². The molecule has 0 saturated heterocycles. The Bertz CT molecular complexity index is 505. The number of hydrogen-bond donors (Lipinski definition) is 2. The Morgan fingerprint density at radius 3 is 2.29 bits per heavy atom. The molecule has 3 N–H and O–H groups in total. The van der Waals surface area contributed by atoms with Gasteiger partial charge in [-0.2, -0.15) is 0 Å². The molecule has 4 nitrogen and oxygen atoms in total. The van der Waals surface area contributed by atoms with Crippen molar-refractivity contribution in [1.82, 2.24) is 0 Å². The van der Waals surface area contributed by atoms with Gasteiger partial charge in [-0.1, -0.05) is 0 Å². The van der Waals surface area contributed by atoms with Gasteiger partial charge in [0.2, 0.25) is 0 Å². The summed E-state index contributed by atoms with van der Waals surface area (Å²) in [5.74, 6) is 1.79. The van der Waals surface area contributed by atoms with Crippen LogP contribution in [0.4, 0.5) is 0 Å². The number of benzene rings is 1. The molecule has 0 saturated carbocycles. The van der Waals surface area contributed by atoms with Crippen LogP contribution in [-0.4, -0.2) is 12.9 Å². The third kappa shape index (κ3) is 2.79. The van der Waals surface area contributed by atoms with Gasteiger partial charge in [0.05, 0.1) is 7.11 Å². The smallest absolute Gasteiger partial charge is 0.168 e. The van der Waals surface area contributed by atoms with E-state index in [9.17, 15) is 0 Å². The van der Waals surface area contributed by atoms with Crippen LogP contribution in [0.1, 0.15) is 5.76 Å². The predicted octanol–water partition coefficient (Wildman–Crippen LogP) is 2.66. The average molecular weight is 253 g/mol. The number of halogens is 1. The fourth-order valence-corrected chi connectivity index (χ4v) is 1.39. The first kappa shape index (κ1) is 13.1. The van der Waals surface area contributed by atoms with Crippen LogP contribution in [0.15, 0.2) is 40.8 Å². The molecule has 0 amide bonds. The number of furan rings is 1. The van der Waals surface area contributed by atoms with Gasteiger partial charge in [-0.05, 0) is 36.4 Å². The zero-order valence-electron chi connectivity index (χ0n) is 9.27. The zero-order valence-corrected chi connectivity index (χ0v) is 10.1. The third-order valence-corrected chi connectivity index (χ3v) is 2.25. The van der Waals surface area contributed by atoms with E-state index < -0.39 is 0 Å². The highest BCUT2D eigenvalue weighted by atomic mass is 35.5. The minimum Gasteiger partial charge on any atom is -0.497 e. The second-order valence-corrected chi connectivity index (χ2v) is 3.31. The summed E-state index contributed by atoms with van der Waals surface area (Å²) in [5.41, 5.74) is 6.24. The number of methoxy groups -OCH3 is 1. The third-order valence-electron chi connectivity index (χ3n) is 2.25. The molecule has 0 bridgehead atoms. The van der Waals surface area contributed by atoms with E-state index in [1.54, 1.807) is 19.2 Å². The van der Waals surface area contributed by atoms with E-state index in [1.165, 1.54) is 0 Å². The number of ether oxygens (including phenoxy) is 1. The highest BCUT2D eigenvalue weighted by molar-refractivity contribution is 5.92. The van der Waals surface area contributed by atoms with Crippen LogP contribution in [0, 0.1) is 5.41 Å². The van der Waals surface area contributed by atoms with E-state index in [-0.39, 0.29) is 18.2 Å². The van der Waals surface area contributed by atoms with Crippen molar-refractivity contribution in [2.45, 2.75) is 0 Å². The first-order valence-corrected chi connectivity index (χ1v) is 4.79. The first-order valence-electron chi connectivity index (χ1n) is 4.79. The molecule has 0 radical (unpaired) electrons. The van der Waals surface area contributed by atoms with Crippen LogP contribution in [0.3, 0.4) is 0 Å². The van der Waals surface area contributed by atoms with E-state index in [0.717, 1.165) is 11.3 Å². The SMILES string of the molecule is COc1ccc(-c2ccc(C(=N)N)o2)cc1.Cl. The molecule has 5 heteroatoms. The fourth-order valence-electron chi connectivity index (χ4n) is 1.39. The van der Waals surface area contributed by atoms with Gasteiger partial charge in [0, 0.05) is 5.56 Å². The molecule has 0 unspecified atom stereocenters. The highest BCUT2D eigenvalue weighted by Crippen LogP contribution is 2.24. The van der Waals surface area contributed by atoms with Crippen molar-refractivity contribution in [3.05, 3.63) is 42.2 Å². The van der Waals surface area contributed by atoms with E-state index in [2.05, 4.69) is 0 Å². The van der Waals surface area contributed by atoms with Gasteiger partial charge >= 0.3 is 0 Å². The van der Waals surface area contributed by atoms with Crippen LogP contribution in [-0.2, 0) is 0 Å². The lowest BCUT2D eigenvalue weighted by molar-refractivity contribution is 0.415. The molecule has 2 rings (SSSR count).